The Bertz CT molecular complexity index is 836. The number of carbonyl (C=O) groups is 2. The van der Waals surface area contributed by atoms with Gasteiger partial charge < -0.3 is 15.0 Å². The van der Waals surface area contributed by atoms with E-state index in [0.29, 0.717) is 18.7 Å². The number of nitrogens with one attached hydrogen (secondary N) is 1. The maximum absolute atomic E-state index is 13.1. The molecule has 1 aliphatic rings. The molecule has 1 fully saturated rings. The first-order valence-corrected chi connectivity index (χ1v) is 12.1. The number of carbonyl (C=O) groups excluding carboxylic acids is 2. The van der Waals surface area contributed by atoms with Crippen molar-refractivity contribution in [1.82, 2.24) is 10.2 Å². The summed E-state index contributed by atoms with van der Waals surface area (Å²) in [5.41, 5.74) is 1.14. The summed E-state index contributed by atoms with van der Waals surface area (Å²) in [7, 11) is 0. The summed E-state index contributed by atoms with van der Waals surface area (Å²) >= 11 is 2.23. The lowest BCUT2D eigenvalue weighted by molar-refractivity contribution is -0.141. The molecule has 0 radical (unpaired) electrons. The average Bonchev–Trinajstić information content (AvgIpc) is 2.80. The lowest BCUT2D eigenvalue weighted by Gasteiger charge is -2.31. The number of ether oxygens (including phenoxy) is 1. The van der Waals surface area contributed by atoms with Gasteiger partial charge in [0.1, 0.15) is 11.8 Å². The van der Waals surface area contributed by atoms with E-state index in [1.165, 1.54) is 6.42 Å². The Morgan fingerprint density at radius 2 is 1.74 bits per heavy atom. The minimum atomic E-state index is -0.543. The Morgan fingerprint density at radius 1 is 1.06 bits per heavy atom. The maximum atomic E-state index is 13.1. The molecule has 6 heteroatoms. The highest BCUT2D eigenvalue weighted by Gasteiger charge is 2.28. The van der Waals surface area contributed by atoms with Gasteiger partial charge in [-0.05, 0) is 78.6 Å². The molecular weight excluding hydrogens is 503 g/mol. The minimum absolute atomic E-state index is 0.0809. The zero-order chi connectivity index (χ0) is 22.1. The van der Waals surface area contributed by atoms with Gasteiger partial charge >= 0.3 is 0 Å². The molecule has 0 heterocycles. The van der Waals surface area contributed by atoms with E-state index in [2.05, 4.69) is 27.9 Å². The van der Waals surface area contributed by atoms with Crippen LogP contribution in [0.1, 0.15) is 44.6 Å². The molecule has 31 heavy (non-hydrogen) atoms. The lowest BCUT2D eigenvalue weighted by Crippen LogP contribution is -2.52. The van der Waals surface area contributed by atoms with Crippen LogP contribution in [0.4, 0.5) is 0 Å². The van der Waals surface area contributed by atoms with E-state index in [4.69, 9.17) is 4.74 Å². The van der Waals surface area contributed by atoms with Gasteiger partial charge in [0, 0.05) is 16.2 Å². The van der Waals surface area contributed by atoms with Crippen molar-refractivity contribution in [3.8, 4) is 5.75 Å². The third kappa shape index (κ3) is 7.52. The number of amides is 2. The fraction of sp³-hybridized carbons (Fsp3) is 0.440. The SMILES string of the molecule is CC(C(=O)NC1CCCCC1)N(CCc1ccccc1)C(=O)COc1ccc(I)cc1. The van der Waals surface area contributed by atoms with Crippen LogP contribution in [0.3, 0.4) is 0 Å². The van der Waals surface area contributed by atoms with Crippen LogP contribution >= 0.6 is 22.6 Å². The van der Waals surface area contributed by atoms with Crippen molar-refractivity contribution in [1.29, 1.82) is 0 Å². The molecule has 3 rings (SSSR count). The van der Waals surface area contributed by atoms with Crippen molar-refractivity contribution < 1.29 is 14.3 Å². The highest BCUT2D eigenvalue weighted by atomic mass is 127. The van der Waals surface area contributed by atoms with Crippen LogP contribution < -0.4 is 10.1 Å². The zero-order valence-corrected chi connectivity index (χ0v) is 20.2. The number of nitrogens with zero attached hydrogens (tertiary/aromatic N) is 1. The summed E-state index contributed by atoms with van der Waals surface area (Å²) in [6, 6.07) is 17.3. The molecule has 2 aromatic rings. The second kappa shape index (κ2) is 12.1. The van der Waals surface area contributed by atoms with E-state index < -0.39 is 6.04 Å². The molecule has 2 amide bonds. The molecule has 0 aromatic heterocycles. The number of hydrogen-bond acceptors (Lipinski definition) is 3. The average molecular weight is 534 g/mol. The fourth-order valence-electron chi connectivity index (χ4n) is 3.90. The molecule has 166 valence electrons. The first-order valence-electron chi connectivity index (χ1n) is 11.0. The van der Waals surface area contributed by atoms with Crippen molar-refractivity contribution in [2.24, 2.45) is 0 Å². The van der Waals surface area contributed by atoms with Crippen LogP contribution in [0.2, 0.25) is 0 Å². The molecule has 1 atom stereocenters. The van der Waals surface area contributed by atoms with E-state index in [1.54, 1.807) is 4.90 Å². The van der Waals surface area contributed by atoms with Gasteiger partial charge in [-0.2, -0.15) is 0 Å². The van der Waals surface area contributed by atoms with Crippen molar-refractivity contribution in [3.05, 3.63) is 63.7 Å². The number of benzene rings is 2. The van der Waals surface area contributed by atoms with E-state index in [0.717, 1.165) is 34.8 Å². The molecule has 0 saturated heterocycles. The molecule has 0 spiro atoms. The molecule has 5 nitrogen and oxygen atoms in total. The van der Waals surface area contributed by atoms with Crippen molar-refractivity contribution in [3.63, 3.8) is 0 Å². The summed E-state index contributed by atoms with van der Waals surface area (Å²) in [5.74, 6) is 0.388. The Labute approximate surface area is 198 Å². The molecule has 1 N–H and O–H groups in total. The smallest absolute Gasteiger partial charge is 0.261 e. The minimum Gasteiger partial charge on any atom is -0.484 e. The van der Waals surface area contributed by atoms with Gasteiger partial charge in [0.2, 0.25) is 5.91 Å². The second-order valence-electron chi connectivity index (χ2n) is 8.08. The van der Waals surface area contributed by atoms with Crippen molar-refractivity contribution in [2.45, 2.75) is 57.5 Å². The summed E-state index contributed by atoms with van der Waals surface area (Å²) in [6.45, 7) is 2.19. The van der Waals surface area contributed by atoms with Crippen LogP contribution in [0.25, 0.3) is 0 Å². The maximum Gasteiger partial charge on any atom is 0.261 e. The Morgan fingerprint density at radius 3 is 2.42 bits per heavy atom. The topological polar surface area (TPSA) is 58.6 Å². The Balaban J connectivity index is 1.63. The van der Waals surface area contributed by atoms with Gasteiger partial charge in [-0.25, -0.2) is 0 Å². The normalized spacial score (nSPS) is 15.2. The van der Waals surface area contributed by atoms with Gasteiger partial charge in [-0.1, -0.05) is 49.6 Å². The molecule has 1 unspecified atom stereocenters. The monoisotopic (exact) mass is 534 g/mol. The molecule has 0 aliphatic heterocycles. The van der Waals surface area contributed by atoms with Crippen molar-refractivity contribution >= 4 is 34.4 Å². The predicted octanol–water partition coefficient (Wildman–Crippen LogP) is 4.58. The summed E-state index contributed by atoms with van der Waals surface area (Å²) in [4.78, 5) is 27.6. The Kier molecular flexibility index (Phi) is 9.18. The van der Waals surface area contributed by atoms with E-state index in [-0.39, 0.29) is 24.5 Å². The highest BCUT2D eigenvalue weighted by molar-refractivity contribution is 14.1. The quantitative estimate of drug-likeness (QED) is 0.480. The third-order valence-electron chi connectivity index (χ3n) is 5.78. The van der Waals surface area contributed by atoms with Gasteiger partial charge in [-0.3, -0.25) is 9.59 Å². The van der Waals surface area contributed by atoms with Crippen LogP contribution in [-0.2, 0) is 16.0 Å². The highest BCUT2D eigenvalue weighted by Crippen LogP contribution is 2.18. The van der Waals surface area contributed by atoms with E-state index in [1.807, 2.05) is 61.5 Å². The number of hydrogen-bond donors (Lipinski definition) is 1. The zero-order valence-electron chi connectivity index (χ0n) is 18.1. The number of rotatable bonds is 9. The van der Waals surface area contributed by atoms with Crippen molar-refractivity contribution in [2.75, 3.05) is 13.2 Å². The van der Waals surface area contributed by atoms with E-state index >= 15 is 0 Å². The van der Waals surface area contributed by atoms with Crippen LogP contribution in [0.15, 0.2) is 54.6 Å². The predicted molar refractivity (Wildman–Crippen MR) is 131 cm³/mol. The lowest BCUT2D eigenvalue weighted by atomic mass is 9.95. The summed E-state index contributed by atoms with van der Waals surface area (Å²) < 4.78 is 6.81. The van der Waals surface area contributed by atoms with Gasteiger partial charge in [-0.15, -0.1) is 0 Å². The van der Waals surface area contributed by atoms with Crippen LogP contribution in [0, 0.1) is 3.57 Å². The molecule has 1 aliphatic carbocycles. The largest absolute Gasteiger partial charge is 0.484 e. The number of halogens is 1. The second-order valence-corrected chi connectivity index (χ2v) is 9.33. The standard InChI is InChI=1S/C25H31IN2O3/c1-19(25(30)27-22-10-6-3-7-11-22)28(17-16-20-8-4-2-5-9-20)24(29)18-31-23-14-12-21(26)13-15-23/h2,4-5,8-9,12-15,19,22H,3,6-7,10-11,16-18H2,1H3,(H,27,30). The van der Waals surface area contributed by atoms with Crippen LogP contribution in [-0.4, -0.2) is 41.9 Å². The molecule has 0 bridgehead atoms. The van der Waals surface area contributed by atoms with Gasteiger partial charge in [0.05, 0.1) is 0 Å². The van der Waals surface area contributed by atoms with Gasteiger partial charge in [0.25, 0.3) is 5.91 Å². The van der Waals surface area contributed by atoms with Gasteiger partial charge in [0.15, 0.2) is 6.61 Å². The van der Waals surface area contributed by atoms with E-state index in [9.17, 15) is 9.59 Å². The fourth-order valence-corrected chi connectivity index (χ4v) is 4.26. The first kappa shape index (κ1) is 23.6. The molecule has 1 saturated carbocycles. The first-order chi connectivity index (χ1) is 15.0. The third-order valence-corrected chi connectivity index (χ3v) is 6.50. The molecular formula is C25H31IN2O3. The molecule has 2 aromatic carbocycles. The Hall–Kier alpha value is -2.09. The summed E-state index contributed by atoms with van der Waals surface area (Å²) in [6.07, 6.45) is 6.27. The van der Waals surface area contributed by atoms with Crippen LogP contribution in [0.5, 0.6) is 5.75 Å². The summed E-state index contributed by atoms with van der Waals surface area (Å²) in [5, 5.41) is 3.16.